The van der Waals surface area contributed by atoms with Gasteiger partial charge in [0.05, 0.1) is 11.3 Å². The molecule has 1 aromatic carbocycles. The third kappa shape index (κ3) is 2.41. The number of anilines is 1. The van der Waals surface area contributed by atoms with E-state index in [-0.39, 0.29) is 18.9 Å². The molecule has 5 nitrogen and oxygen atoms in total. The smallest absolute Gasteiger partial charge is 0.299 e. The van der Waals surface area contributed by atoms with E-state index >= 15 is 0 Å². The third-order valence-corrected chi connectivity index (χ3v) is 3.67. The molecule has 2 amide bonds. The van der Waals surface area contributed by atoms with Crippen molar-refractivity contribution in [1.82, 2.24) is 5.32 Å². The minimum absolute atomic E-state index is 0.0878. The first-order valence-corrected chi connectivity index (χ1v) is 6.89. The minimum atomic E-state index is -0.596. The van der Waals surface area contributed by atoms with Gasteiger partial charge in [-0.2, -0.15) is 0 Å². The number of ketones is 1. The molecule has 0 bridgehead atoms. The van der Waals surface area contributed by atoms with Crippen LogP contribution in [-0.2, 0) is 9.59 Å². The summed E-state index contributed by atoms with van der Waals surface area (Å²) >= 11 is 5.83. The molecule has 0 atom stereocenters. The first-order valence-electron chi connectivity index (χ1n) is 6.51. The Hall–Kier alpha value is -1.88. The number of carbonyl (C=O) groups is 3. The highest BCUT2D eigenvalue weighted by atomic mass is 35.5. The number of fused-ring (bicyclic) bond motifs is 1. The Labute approximate surface area is 120 Å². The van der Waals surface area contributed by atoms with Crippen LogP contribution in [0.25, 0.3) is 0 Å². The van der Waals surface area contributed by atoms with Crippen LogP contribution in [0.4, 0.5) is 5.69 Å². The van der Waals surface area contributed by atoms with E-state index in [0.717, 1.165) is 12.8 Å². The van der Waals surface area contributed by atoms with E-state index in [0.29, 0.717) is 22.3 Å². The van der Waals surface area contributed by atoms with Crippen molar-refractivity contribution >= 4 is 34.9 Å². The SMILES string of the molecule is O=C(CCN1C(=O)C(=O)c2cc(Cl)ccc21)NC1CC1. The maximum atomic E-state index is 11.9. The van der Waals surface area contributed by atoms with Crippen LogP contribution in [0.1, 0.15) is 29.6 Å². The van der Waals surface area contributed by atoms with E-state index in [1.807, 2.05) is 0 Å². The number of nitrogens with one attached hydrogen (secondary N) is 1. The second-order valence-corrected chi connectivity index (χ2v) is 5.48. The van der Waals surface area contributed by atoms with Crippen LogP contribution in [0.15, 0.2) is 18.2 Å². The summed E-state index contributed by atoms with van der Waals surface area (Å²) in [5.74, 6) is -1.25. The van der Waals surface area contributed by atoms with E-state index in [9.17, 15) is 14.4 Å². The van der Waals surface area contributed by atoms with Crippen molar-refractivity contribution in [3.05, 3.63) is 28.8 Å². The lowest BCUT2D eigenvalue weighted by Gasteiger charge is -2.16. The molecule has 6 heteroatoms. The molecule has 0 spiro atoms. The monoisotopic (exact) mass is 292 g/mol. The second kappa shape index (κ2) is 4.90. The topological polar surface area (TPSA) is 66.5 Å². The number of hydrogen-bond acceptors (Lipinski definition) is 3. The number of nitrogens with zero attached hydrogens (tertiary/aromatic N) is 1. The van der Waals surface area contributed by atoms with E-state index in [1.165, 1.54) is 11.0 Å². The number of rotatable bonds is 4. The predicted octanol–water partition coefficient (Wildman–Crippen LogP) is 1.54. The minimum Gasteiger partial charge on any atom is -0.353 e. The van der Waals surface area contributed by atoms with Crippen LogP contribution in [0.2, 0.25) is 5.02 Å². The maximum Gasteiger partial charge on any atom is 0.299 e. The molecule has 1 fully saturated rings. The van der Waals surface area contributed by atoms with Gasteiger partial charge < -0.3 is 10.2 Å². The van der Waals surface area contributed by atoms with Gasteiger partial charge in [0.2, 0.25) is 5.91 Å². The standard InChI is InChI=1S/C14H13ClN2O3/c15-8-1-4-11-10(7-8)13(19)14(20)17(11)6-5-12(18)16-9-2-3-9/h1,4,7,9H,2-3,5-6H2,(H,16,18). The van der Waals surface area contributed by atoms with Gasteiger partial charge in [0.25, 0.3) is 11.7 Å². The van der Waals surface area contributed by atoms with E-state index in [1.54, 1.807) is 12.1 Å². The zero-order valence-corrected chi connectivity index (χ0v) is 11.4. The fraction of sp³-hybridized carbons (Fsp3) is 0.357. The molecule has 1 saturated carbocycles. The number of Topliss-reactive ketones (excluding diaryl/α,β-unsaturated/α-hetero) is 1. The average Bonchev–Trinajstić information content (AvgIpc) is 3.19. The molecular weight excluding hydrogens is 280 g/mol. The van der Waals surface area contributed by atoms with Gasteiger partial charge in [0, 0.05) is 24.0 Å². The van der Waals surface area contributed by atoms with Crippen molar-refractivity contribution in [2.45, 2.75) is 25.3 Å². The lowest BCUT2D eigenvalue weighted by molar-refractivity contribution is -0.121. The molecule has 104 valence electrons. The summed E-state index contributed by atoms with van der Waals surface area (Å²) in [6, 6.07) is 5.05. The summed E-state index contributed by atoms with van der Waals surface area (Å²) in [6.07, 6.45) is 2.24. The van der Waals surface area contributed by atoms with E-state index in [2.05, 4.69) is 5.32 Å². The summed E-state index contributed by atoms with van der Waals surface area (Å²) in [5, 5.41) is 3.27. The second-order valence-electron chi connectivity index (χ2n) is 5.04. The molecule has 1 aliphatic carbocycles. The molecule has 1 aliphatic heterocycles. The zero-order chi connectivity index (χ0) is 14.3. The molecule has 0 saturated heterocycles. The summed E-state index contributed by atoms with van der Waals surface area (Å²) in [4.78, 5) is 36.8. The van der Waals surface area contributed by atoms with Crippen molar-refractivity contribution in [2.24, 2.45) is 0 Å². The van der Waals surface area contributed by atoms with Crippen molar-refractivity contribution in [2.75, 3.05) is 11.4 Å². The lowest BCUT2D eigenvalue weighted by Crippen LogP contribution is -2.35. The van der Waals surface area contributed by atoms with Crippen LogP contribution in [0.3, 0.4) is 0 Å². The Bertz CT molecular complexity index is 610. The number of halogens is 1. The van der Waals surface area contributed by atoms with Crippen molar-refractivity contribution in [3.8, 4) is 0 Å². The van der Waals surface area contributed by atoms with Gasteiger partial charge in [0.1, 0.15) is 0 Å². The largest absolute Gasteiger partial charge is 0.353 e. The first-order chi connectivity index (χ1) is 9.56. The van der Waals surface area contributed by atoms with Gasteiger partial charge >= 0.3 is 0 Å². The van der Waals surface area contributed by atoms with E-state index in [4.69, 9.17) is 11.6 Å². The fourth-order valence-electron chi connectivity index (χ4n) is 2.24. The van der Waals surface area contributed by atoms with Crippen LogP contribution < -0.4 is 10.2 Å². The molecular formula is C14H13ClN2O3. The molecule has 1 aromatic rings. The van der Waals surface area contributed by atoms with Gasteiger partial charge in [0.15, 0.2) is 0 Å². The van der Waals surface area contributed by atoms with Crippen molar-refractivity contribution in [1.29, 1.82) is 0 Å². The summed E-state index contributed by atoms with van der Waals surface area (Å²) < 4.78 is 0. The van der Waals surface area contributed by atoms with Crippen molar-refractivity contribution in [3.63, 3.8) is 0 Å². The van der Waals surface area contributed by atoms with E-state index < -0.39 is 11.7 Å². The zero-order valence-electron chi connectivity index (χ0n) is 10.7. The van der Waals surface area contributed by atoms with Crippen LogP contribution in [0, 0.1) is 0 Å². The number of carbonyl (C=O) groups excluding carboxylic acids is 3. The highest BCUT2D eigenvalue weighted by Gasteiger charge is 2.36. The van der Waals surface area contributed by atoms with Crippen LogP contribution >= 0.6 is 11.6 Å². The Morgan fingerprint density at radius 1 is 1.35 bits per heavy atom. The fourth-order valence-corrected chi connectivity index (χ4v) is 2.41. The molecule has 20 heavy (non-hydrogen) atoms. The van der Waals surface area contributed by atoms with Crippen molar-refractivity contribution < 1.29 is 14.4 Å². The van der Waals surface area contributed by atoms with Crippen LogP contribution in [0.5, 0.6) is 0 Å². The Morgan fingerprint density at radius 3 is 2.80 bits per heavy atom. The average molecular weight is 293 g/mol. The normalized spacial score (nSPS) is 17.4. The lowest BCUT2D eigenvalue weighted by atomic mass is 10.1. The number of hydrogen-bond donors (Lipinski definition) is 1. The number of amides is 2. The molecule has 0 aromatic heterocycles. The Morgan fingerprint density at radius 2 is 2.10 bits per heavy atom. The quantitative estimate of drug-likeness (QED) is 0.856. The summed E-state index contributed by atoms with van der Waals surface area (Å²) in [7, 11) is 0. The molecule has 0 radical (unpaired) electrons. The molecule has 1 N–H and O–H groups in total. The predicted molar refractivity (Wildman–Crippen MR) is 73.9 cm³/mol. The maximum absolute atomic E-state index is 11.9. The highest BCUT2D eigenvalue weighted by molar-refractivity contribution is 6.52. The Kier molecular flexibility index (Phi) is 3.22. The molecule has 2 aliphatic rings. The van der Waals surface area contributed by atoms with Crippen LogP contribution in [-0.4, -0.2) is 30.2 Å². The van der Waals surface area contributed by atoms with Gasteiger partial charge in [-0.25, -0.2) is 0 Å². The third-order valence-electron chi connectivity index (χ3n) is 3.44. The van der Waals surface area contributed by atoms with Gasteiger partial charge in [-0.15, -0.1) is 0 Å². The number of benzene rings is 1. The Balaban J connectivity index is 1.72. The first kappa shape index (κ1) is 13.1. The van der Waals surface area contributed by atoms with Gasteiger partial charge in [-0.1, -0.05) is 11.6 Å². The molecule has 3 rings (SSSR count). The summed E-state index contributed by atoms with van der Waals surface area (Å²) in [5.41, 5.74) is 0.841. The van der Waals surface area contributed by atoms with Gasteiger partial charge in [-0.05, 0) is 31.0 Å². The highest BCUT2D eigenvalue weighted by Crippen LogP contribution is 2.31. The molecule has 1 heterocycles. The van der Waals surface area contributed by atoms with Gasteiger partial charge in [-0.3, -0.25) is 14.4 Å². The summed E-state index contributed by atoms with van der Waals surface area (Å²) in [6.45, 7) is 0.206. The molecule has 0 unspecified atom stereocenters.